The summed E-state index contributed by atoms with van der Waals surface area (Å²) in [6.07, 6.45) is 5.06. The van der Waals surface area contributed by atoms with Gasteiger partial charge in [0.2, 0.25) is 0 Å². The SMILES string of the molecule is CC(O)CN1CCN(C(=O)c2cccnc2N2CCCCC2)CC1. The first kappa shape index (κ1) is 17.2. The van der Waals surface area contributed by atoms with Gasteiger partial charge in [0, 0.05) is 52.0 Å². The molecule has 1 amide bonds. The number of nitrogens with zero attached hydrogens (tertiary/aromatic N) is 4. The molecule has 24 heavy (non-hydrogen) atoms. The van der Waals surface area contributed by atoms with Crippen molar-refractivity contribution in [1.29, 1.82) is 0 Å². The van der Waals surface area contributed by atoms with Crippen LogP contribution in [-0.2, 0) is 0 Å². The maximum Gasteiger partial charge on any atom is 0.257 e. The van der Waals surface area contributed by atoms with Crippen molar-refractivity contribution in [2.75, 3.05) is 50.7 Å². The fourth-order valence-electron chi connectivity index (χ4n) is 3.60. The number of hydrogen-bond donors (Lipinski definition) is 1. The van der Waals surface area contributed by atoms with Crippen molar-refractivity contribution in [2.45, 2.75) is 32.3 Å². The Morgan fingerprint density at radius 2 is 1.88 bits per heavy atom. The Hall–Kier alpha value is -1.66. The molecule has 6 nitrogen and oxygen atoms in total. The van der Waals surface area contributed by atoms with Crippen LogP contribution in [0.4, 0.5) is 5.82 Å². The van der Waals surface area contributed by atoms with E-state index in [9.17, 15) is 9.90 Å². The number of pyridine rings is 1. The number of β-amino-alcohol motifs (C(OH)–C–C–N with tert-alkyl or cyclic N) is 1. The molecule has 1 unspecified atom stereocenters. The molecule has 2 fully saturated rings. The molecule has 132 valence electrons. The zero-order valence-corrected chi connectivity index (χ0v) is 14.5. The van der Waals surface area contributed by atoms with Gasteiger partial charge in [-0.15, -0.1) is 0 Å². The molecule has 0 bridgehead atoms. The molecular formula is C18H28N4O2. The number of amides is 1. The zero-order valence-electron chi connectivity index (χ0n) is 14.5. The summed E-state index contributed by atoms with van der Waals surface area (Å²) in [4.78, 5) is 23.9. The van der Waals surface area contributed by atoms with E-state index < -0.39 is 0 Å². The third kappa shape index (κ3) is 4.05. The van der Waals surface area contributed by atoms with Gasteiger partial charge in [-0.2, -0.15) is 0 Å². The van der Waals surface area contributed by atoms with Crippen LogP contribution in [0.15, 0.2) is 18.3 Å². The molecule has 1 N–H and O–H groups in total. The predicted molar refractivity (Wildman–Crippen MR) is 94.3 cm³/mol. The van der Waals surface area contributed by atoms with Crippen LogP contribution in [0.25, 0.3) is 0 Å². The number of aliphatic hydroxyl groups excluding tert-OH is 1. The Labute approximate surface area is 144 Å². The third-order valence-electron chi connectivity index (χ3n) is 4.85. The van der Waals surface area contributed by atoms with Crippen molar-refractivity contribution in [2.24, 2.45) is 0 Å². The average molecular weight is 332 g/mol. The lowest BCUT2D eigenvalue weighted by Crippen LogP contribution is -2.50. The van der Waals surface area contributed by atoms with E-state index in [1.165, 1.54) is 19.3 Å². The fourth-order valence-corrected chi connectivity index (χ4v) is 3.60. The van der Waals surface area contributed by atoms with Crippen molar-refractivity contribution in [3.05, 3.63) is 23.9 Å². The van der Waals surface area contributed by atoms with E-state index in [4.69, 9.17) is 0 Å². The minimum atomic E-state index is -0.323. The molecule has 1 aromatic rings. The van der Waals surface area contributed by atoms with Crippen LogP contribution in [0.3, 0.4) is 0 Å². The highest BCUT2D eigenvalue weighted by molar-refractivity contribution is 5.99. The molecule has 0 aromatic carbocycles. The van der Waals surface area contributed by atoms with Crippen LogP contribution in [-0.4, -0.2) is 77.7 Å². The smallest absolute Gasteiger partial charge is 0.257 e. The Morgan fingerprint density at radius 1 is 1.17 bits per heavy atom. The molecule has 0 saturated carbocycles. The van der Waals surface area contributed by atoms with Gasteiger partial charge >= 0.3 is 0 Å². The van der Waals surface area contributed by atoms with Gasteiger partial charge in [-0.25, -0.2) is 4.98 Å². The number of hydrogen-bond acceptors (Lipinski definition) is 5. The Morgan fingerprint density at radius 3 is 2.54 bits per heavy atom. The second-order valence-corrected chi connectivity index (χ2v) is 6.86. The number of rotatable bonds is 4. The standard InChI is InChI=1S/C18H28N4O2/c1-15(23)14-20-10-12-22(13-11-20)18(24)16-6-5-7-19-17(16)21-8-3-2-4-9-21/h5-7,15,23H,2-4,8-14H2,1H3. The van der Waals surface area contributed by atoms with Crippen molar-refractivity contribution in [3.63, 3.8) is 0 Å². The zero-order chi connectivity index (χ0) is 16.9. The van der Waals surface area contributed by atoms with E-state index in [2.05, 4.69) is 14.8 Å². The van der Waals surface area contributed by atoms with Crippen molar-refractivity contribution in [1.82, 2.24) is 14.8 Å². The molecule has 2 saturated heterocycles. The van der Waals surface area contributed by atoms with E-state index in [0.29, 0.717) is 19.6 Å². The summed E-state index contributed by atoms with van der Waals surface area (Å²) in [5.74, 6) is 0.925. The van der Waals surface area contributed by atoms with Crippen molar-refractivity contribution >= 4 is 11.7 Å². The average Bonchev–Trinajstić information content (AvgIpc) is 2.62. The number of carbonyl (C=O) groups is 1. The Bertz CT molecular complexity index is 550. The second-order valence-electron chi connectivity index (χ2n) is 6.86. The highest BCUT2D eigenvalue weighted by Crippen LogP contribution is 2.23. The van der Waals surface area contributed by atoms with Gasteiger partial charge in [-0.3, -0.25) is 9.69 Å². The van der Waals surface area contributed by atoms with Crippen LogP contribution in [0.5, 0.6) is 0 Å². The van der Waals surface area contributed by atoms with Crippen molar-refractivity contribution in [3.8, 4) is 0 Å². The lowest BCUT2D eigenvalue weighted by atomic mass is 10.1. The molecule has 0 aliphatic carbocycles. The molecule has 0 spiro atoms. The number of aromatic nitrogens is 1. The van der Waals surface area contributed by atoms with Crippen LogP contribution in [0.1, 0.15) is 36.5 Å². The molecule has 3 heterocycles. The summed E-state index contributed by atoms with van der Waals surface area (Å²) in [5, 5.41) is 9.50. The summed E-state index contributed by atoms with van der Waals surface area (Å²) < 4.78 is 0. The normalized spacial score (nSPS) is 20.9. The van der Waals surface area contributed by atoms with Crippen LogP contribution >= 0.6 is 0 Å². The summed E-state index contributed by atoms with van der Waals surface area (Å²) in [6.45, 7) is 7.50. The summed E-state index contributed by atoms with van der Waals surface area (Å²) in [7, 11) is 0. The lowest BCUT2D eigenvalue weighted by molar-refractivity contribution is 0.0554. The van der Waals surface area contributed by atoms with Gasteiger partial charge in [-0.1, -0.05) is 0 Å². The summed E-state index contributed by atoms with van der Waals surface area (Å²) in [5.41, 5.74) is 0.725. The summed E-state index contributed by atoms with van der Waals surface area (Å²) in [6, 6.07) is 3.76. The van der Waals surface area contributed by atoms with Crippen LogP contribution in [0, 0.1) is 0 Å². The van der Waals surface area contributed by atoms with Crippen molar-refractivity contribution < 1.29 is 9.90 Å². The maximum atomic E-state index is 13.0. The number of anilines is 1. The Kier molecular flexibility index (Phi) is 5.68. The molecule has 1 aromatic heterocycles. The first-order valence-electron chi connectivity index (χ1n) is 9.05. The van der Waals surface area contributed by atoms with Gasteiger partial charge in [0.25, 0.3) is 5.91 Å². The van der Waals surface area contributed by atoms with E-state index in [-0.39, 0.29) is 12.0 Å². The predicted octanol–water partition coefficient (Wildman–Crippen LogP) is 1.21. The fraction of sp³-hybridized carbons (Fsp3) is 0.667. The quantitative estimate of drug-likeness (QED) is 0.898. The third-order valence-corrected chi connectivity index (χ3v) is 4.85. The lowest BCUT2D eigenvalue weighted by Gasteiger charge is -2.36. The largest absolute Gasteiger partial charge is 0.392 e. The van der Waals surface area contributed by atoms with Crippen LogP contribution in [0.2, 0.25) is 0 Å². The number of aliphatic hydroxyl groups is 1. The highest BCUT2D eigenvalue weighted by atomic mass is 16.3. The van der Waals surface area contributed by atoms with Gasteiger partial charge in [0.15, 0.2) is 0 Å². The minimum Gasteiger partial charge on any atom is -0.392 e. The molecule has 6 heteroatoms. The number of piperidine rings is 1. The molecule has 2 aliphatic rings. The Balaban J connectivity index is 1.67. The first-order chi connectivity index (χ1) is 11.6. The topological polar surface area (TPSA) is 59.9 Å². The minimum absolute atomic E-state index is 0.0837. The van der Waals surface area contributed by atoms with Gasteiger partial charge in [0.1, 0.15) is 5.82 Å². The van der Waals surface area contributed by atoms with Gasteiger partial charge in [-0.05, 0) is 38.3 Å². The van der Waals surface area contributed by atoms with E-state index in [0.717, 1.165) is 37.6 Å². The molecule has 3 rings (SSSR count). The van der Waals surface area contributed by atoms with E-state index in [1.807, 2.05) is 17.0 Å². The monoisotopic (exact) mass is 332 g/mol. The molecular weight excluding hydrogens is 304 g/mol. The first-order valence-corrected chi connectivity index (χ1v) is 9.05. The molecule has 1 atom stereocenters. The van der Waals surface area contributed by atoms with Gasteiger partial charge in [0.05, 0.1) is 11.7 Å². The maximum absolute atomic E-state index is 13.0. The summed E-state index contributed by atoms with van der Waals surface area (Å²) >= 11 is 0. The molecule has 0 radical (unpaired) electrons. The second kappa shape index (κ2) is 7.94. The molecule has 2 aliphatic heterocycles. The van der Waals surface area contributed by atoms with E-state index >= 15 is 0 Å². The highest BCUT2D eigenvalue weighted by Gasteiger charge is 2.26. The van der Waals surface area contributed by atoms with Gasteiger partial charge < -0.3 is 14.9 Å². The van der Waals surface area contributed by atoms with E-state index in [1.54, 1.807) is 13.1 Å². The number of piperazine rings is 1. The van der Waals surface area contributed by atoms with Crippen LogP contribution < -0.4 is 4.90 Å². The number of carbonyl (C=O) groups excluding carboxylic acids is 1.